The third kappa shape index (κ3) is 3.29. The minimum absolute atomic E-state index is 0.864. The standard InChI is InChI=1S/C9H12OS3/c1-7-4-5-8(12-7)6-9(11-2)13(3)10/h4-6H,1-3H3/b9-6-/t13-/m0/s1. The largest absolute Gasteiger partial charge is 0.254 e. The molecule has 0 amide bonds. The van der Waals surface area contributed by atoms with Gasteiger partial charge in [-0.25, -0.2) is 0 Å². The Kier molecular flexibility index (Phi) is 4.22. The van der Waals surface area contributed by atoms with Gasteiger partial charge in [0.15, 0.2) is 0 Å². The fourth-order valence-electron chi connectivity index (χ4n) is 0.906. The molecule has 0 spiro atoms. The summed E-state index contributed by atoms with van der Waals surface area (Å²) < 4.78 is 12.1. The number of thiophene rings is 1. The Balaban J connectivity index is 2.91. The van der Waals surface area contributed by atoms with Crippen LogP contribution in [0.3, 0.4) is 0 Å². The lowest BCUT2D eigenvalue weighted by molar-refractivity contribution is 0.691. The Bertz CT molecular complexity index is 338. The molecule has 1 heterocycles. The molecule has 4 heteroatoms. The van der Waals surface area contributed by atoms with Crippen molar-refractivity contribution in [1.29, 1.82) is 0 Å². The first kappa shape index (κ1) is 11.0. The molecule has 0 saturated heterocycles. The van der Waals surface area contributed by atoms with Gasteiger partial charge in [0.2, 0.25) is 0 Å². The van der Waals surface area contributed by atoms with Crippen LogP contribution in [-0.2, 0) is 10.8 Å². The van der Waals surface area contributed by atoms with Crippen molar-refractivity contribution in [1.82, 2.24) is 0 Å². The number of hydrogen-bond acceptors (Lipinski definition) is 3. The minimum atomic E-state index is -0.864. The highest BCUT2D eigenvalue weighted by atomic mass is 32.2. The molecule has 0 radical (unpaired) electrons. The summed E-state index contributed by atoms with van der Waals surface area (Å²) in [6.07, 6.45) is 5.66. The molecule has 0 N–H and O–H groups in total. The fourth-order valence-corrected chi connectivity index (χ4v) is 3.35. The summed E-state index contributed by atoms with van der Waals surface area (Å²) >= 11 is 3.27. The first-order valence-electron chi connectivity index (χ1n) is 3.79. The second kappa shape index (κ2) is 4.98. The molecular formula is C9H12OS3. The van der Waals surface area contributed by atoms with Crippen LogP contribution in [0, 0.1) is 6.92 Å². The van der Waals surface area contributed by atoms with E-state index in [4.69, 9.17) is 0 Å². The molecule has 0 bridgehead atoms. The molecule has 1 nitrogen and oxygen atoms in total. The van der Waals surface area contributed by atoms with E-state index in [1.165, 1.54) is 9.75 Å². The Labute approximate surface area is 89.7 Å². The third-order valence-corrected chi connectivity index (χ3v) is 4.86. The van der Waals surface area contributed by atoms with Gasteiger partial charge in [-0.15, -0.1) is 23.1 Å². The van der Waals surface area contributed by atoms with E-state index >= 15 is 0 Å². The van der Waals surface area contributed by atoms with Gasteiger partial charge in [0, 0.05) is 16.0 Å². The van der Waals surface area contributed by atoms with Crippen LogP contribution < -0.4 is 0 Å². The average Bonchev–Trinajstić information content (AvgIpc) is 2.46. The van der Waals surface area contributed by atoms with Crippen LogP contribution in [0.2, 0.25) is 0 Å². The van der Waals surface area contributed by atoms with Crippen molar-refractivity contribution >= 4 is 40.0 Å². The van der Waals surface area contributed by atoms with Gasteiger partial charge in [0.1, 0.15) is 0 Å². The molecule has 0 unspecified atom stereocenters. The predicted octanol–water partition coefficient (Wildman–Crippen LogP) is 3.10. The SMILES string of the molecule is CS/C(=C/c1ccc(C)s1)[S@](C)=O. The Morgan fingerprint density at radius 1 is 1.62 bits per heavy atom. The number of hydrogen-bond donors (Lipinski definition) is 0. The average molecular weight is 232 g/mol. The van der Waals surface area contributed by atoms with E-state index in [1.54, 1.807) is 29.4 Å². The first-order chi connectivity index (χ1) is 6.13. The van der Waals surface area contributed by atoms with Gasteiger partial charge in [-0.2, -0.15) is 0 Å². The van der Waals surface area contributed by atoms with E-state index in [0.29, 0.717) is 0 Å². The molecule has 1 atom stereocenters. The molecule has 0 aliphatic carbocycles. The van der Waals surface area contributed by atoms with Gasteiger partial charge in [0.25, 0.3) is 0 Å². The van der Waals surface area contributed by atoms with E-state index in [1.807, 2.05) is 12.3 Å². The topological polar surface area (TPSA) is 17.1 Å². The molecule has 1 aromatic heterocycles. The Morgan fingerprint density at radius 3 is 2.69 bits per heavy atom. The lowest BCUT2D eigenvalue weighted by atomic mass is 10.4. The van der Waals surface area contributed by atoms with Gasteiger partial charge in [0.05, 0.1) is 15.0 Å². The third-order valence-electron chi connectivity index (χ3n) is 1.51. The van der Waals surface area contributed by atoms with E-state index in [0.717, 1.165) is 4.24 Å². The highest BCUT2D eigenvalue weighted by Gasteiger charge is 2.01. The van der Waals surface area contributed by atoms with Crippen molar-refractivity contribution < 1.29 is 4.21 Å². The summed E-state index contributed by atoms with van der Waals surface area (Å²) in [4.78, 5) is 2.46. The van der Waals surface area contributed by atoms with Gasteiger partial charge in [-0.05, 0) is 31.4 Å². The van der Waals surface area contributed by atoms with Crippen molar-refractivity contribution in [3.8, 4) is 0 Å². The molecular weight excluding hydrogens is 220 g/mol. The number of rotatable bonds is 3. The first-order valence-corrected chi connectivity index (χ1v) is 7.39. The summed E-state index contributed by atoms with van der Waals surface area (Å²) in [6.45, 7) is 2.07. The molecule has 1 aromatic rings. The summed E-state index contributed by atoms with van der Waals surface area (Å²) in [5.41, 5.74) is 0. The molecule has 0 aromatic carbocycles. The van der Waals surface area contributed by atoms with Crippen LogP contribution in [0.1, 0.15) is 9.75 Å². The van der Waals surface area contributed by atoms with E-state index in [9.17, 15) is 4.21 Å². The molecule has 0 saturated carbocycles. The van der Waals surface area contributed by atoms with Crippen LogP contribution >= 0.6 is 23.1 Å². The maximum Gasteiger partial charge on any atom is 0.0724 e. The van der Waals surface area contributed by atoms with Gasteiger partial charge < -0.3 is 0 Å². The predicted molar refractivity (Wildman–Crippen MR) is 64.6 cm³/mol. The van der Waals surface area contributed by atoms with Crippen molar-refractivity contribution in [3.05, 3.63) is 26.1 Å². The van der Waals surface area contributed by atoms with Gasteiger partial charge >= 0.3 is 0 Å². The number of aryl methyl sites for hydroxylation is 1. The zero-order valence-electron chi connectivity index (χ0n) is 7.87. The maximum absolute atomic E-state index is 11.2. The van der Waals surface area contributed by atoms with Crippen molar-refractivity contribution in [3.63, 3.8) is 0 Å². The highest BCUT2D eigenvalue weighted by Crippen LogP contribution is 2.23. The Morgan fingerprint density at radius 2 is 2.31 bits per heavy atom. The zero-order valence-corrected chi connectivity index (χ0v) is 10.3. The summed E-state index contributed by atoms with van der Waals surface area (Å²) in [7, 11) is -0.864. The van der Waals surface area contributed by atoms with Crippen LogP contribution in [0.5, 0.6) is 0 Å². The highest BCUT2D eigenvalue weighted by molar-refractivity contribution is 8.16. The lowest BCUT2D eigenvalue weighted by Gasteiger charge is -1.96. The molecule has 13 heavy (non-hydrogen) atoms. The minimum Gasteiger partial charge on any atom is -0.254 e. The smallest absolute Gasteiger partial charge is 0.0724 e. The lowest BCUT2D eigenvalue weighted by Crippen LogP contribution is -1.85. The van der Waals surface area contributed by atoms with Crippen molar-refractivity contribution in [2.24, 2.45) is 0 Å². The van der Waals surface area contributed by atoms with Crippen LogP contribution in [0.4, 0.5) is 0 Å². The van der Waals surface area contributed by atoms with E-state index in [2.05, 4.69) is 19.1 Å². The van der Waals surface area contributed by atoms with Crippen LogP contribution in [0.15, 0.2) is 16.4 Å². The van der Waals surface area contributed by atoms with Crippen molar-refractivity contribution in [2.45, 2.75) is 6.92 Å². The van der Waals surface area contributed by atoms with Crippen LogP contribution in [-0.4, -0.2) is 16.7 Å². The van der Waals surface area contributed by atoms with E-state index in [-0.39, 0.29) is 0 Å². The monoisotopic (exact) mass is 232 g/mol. The van der Waals surface area contributed by atoms with Gasteiger partial charge in [-0.3, -0.25) is 4.21 Å². The summed E-state index contributed by atoms with van der Waals surface area (Å²) in [5.74, 6) is 0. The van der Waals surface area contributed by atoms with Crippen molar-refractivity contribution in [2.75, 3.05) is 12.5 Å². The zero-order chi connectivity index (χ0) is 9.84. The second-order valence-electron chi connectivity index (χ2n) is 2.57. The number of thioether (sulfide) groups is 1. The van der Waals surface area contributed by atoms with E-state index < -0.39 is 10.8 Å². The molecule has 0 aliphatic rings. The van der Waals surface area contributed by atoms with Crippen LogP contribution in [0.25, 0.3) is 6.08 Å². The fraction of sp³-hybridized carbons (Fsp3) is 0.333. The normalized spacial score (nSPS) is 14.5. The summed E-state index contributed by atoms with van der Waals surface area (Å²) in [5, 5.41) is 0. The summed E-state index contributed by atoms with van der Waals surface area (Å²) in [6, 6.07) is 4.14. The van der Waals surface area contributed by atoms with Gasteiger partial charge in [-0.1, -0.05) is 0 Å². The maximum atomic E-state index is 11.2. The molecule has 0 aliphatic heterocycles. The quantitative estimate of drug-likeness (QED) is 0.796. The Hall–Kier alpha value is -0.0600. The molecule has 72 valence electrons. The molecule has 0 fully saturated rings. The molecule has 1 rings (SSSR count). The second-order valence-corrected chi connectivity index (χ2v) is 6.34.